The number of hydrogen-bond acceptors (Lipinski definition) is 4. The molecule has 0 aromatic carbocycles. The molecular weight excluding hydrogens is 268 g/mol. The average molecular weight is 279 g/mol. The fourth-order valence-electron chi connectivity index (χ4n) is 1.43. The molecule has 82 valence electrons. The van der Waals surface area contributed by atoms with Crippen molar-refractivity contribution in [2.75, 3.05) is 5.73 Å². The molecule has 2 aromatic heterocycles. The van der Waals surface area contributed by atoms with Gasteiger partial charge in [0.15, 0.2) is 5.82 Å². The highest BCUT2D eigenvalue weighted by Crippen LogP contribution is 2.25. The monoisotopic (exact) mass is 278 g/mol. The Balaban J connectivity index is 2.62. The van der Waals surface area contributed by atoms with E-state index in [2.05, 4.69) is 30.9 Å². The number of nitrogens with two attached hydrogens (primary N) is 1. The van der Waals surface area contributed by atoms with Gasteiger partial charge < -0.3 is 5.73 Å². The largest absolute Gasteiger partial charge is 0.383 e. The molecule has 0 aliphatic carbocycles. The summed E-state index contributed by atoms with van der Waals surface area (Å²) in [4.78, 5) is 12.7. The fraction of sp³-hybridized carbons (Fsp3) is 0.182. The Bertz CT molecular complexity index is 516. The van der Waals surface area contributed by atoms with Gasteiger partial charge in [0.1, 0.15) is 5.82 Å². The first-order valence-electron chi connectivity index (χ1n) is 4.80. The second-order valence-electron chi connectivity index (χ2n) is 3.52. The minimum absolute atomic E-state index is 0.457. The van der Waals surface area contributed by atoms with E-state index in [1.807, 2.05) is 19.9 Å². The number of nitrogen functional groups attached to an aromatic ring is 1. The minimum atomic E-state index is 0.457. The van der Waals surface area contributed by atoms with Gasteiger partial charge in [-0.1, -0.05) is 0 Å². The Hall–Kier alpha value is -1.49. The number of anilines is 1. The first kappa shape index (κ1) is 11.0. The standard InChI is InChI=1S/C11H11BrN4/c1-6-5-14-4-3-8(6)11-15-7(2)9(12)10(13)16-11/h3-5H,1-2H3,(H2,13,15,16). The highest BCUT2D eigenvalue weighted by atomic mass is 79.9. The molecule has 0 atom stereocenters. The molecule has 0 aliphatic heterocycles. The van der Waals surface area contributed by atoms with E-state index in [1.165, 1.54) is 0 Å². The summed E-state index contributed by atoms with van der Waals surface area (Å²) in [6.45, 7) is 3.86. The predicted molar refractivity (Wildman–Crippen MR) is 66.8 cm³/mol. The fourth-order valence-corrected chi connectivity index (χ4v) is 1.60. The number of aromatic nitrogens is 3. The SMILES string of the molecule is Cc1cnccc1-c1nc(C)c(Br)c(N)n1. The lowest BCUT2D eigenvalue weighted by Crippen LogP contribution is -2.01. The maximum Gasteiger partial charge on any atom is 0.162 e. The summed E-state index contributed by atoms with van der Waals surface area (Å²) >= 11 is 3.34. The van der Waals surface area contributed by atoms with Crippen molar-refractivity contribution in [2.24, 2.45) is 0 Å². The Morgan fingerprint density at radius 2 is 2.00 bits per heavy atom. The Morgan fingerprint density at radius 1 is 1.25 bits per heavy atom. The normalized spacial score (nSPS) is 10.4. The van der Waals surface area contributed by atoms with Crippen LogP contribution in [-0.4, -0.2) is 15.0 Å². The molecule has 2 heterocycles. The molecule has 0 fully saturated rings. The highest BCUT2D eigenvalue weighted by Gasteiger charge is 2.09. The molecule has 4 nitrogen and oxygen atoms in total. The van der Waals surface area contributed by atoms with Crippen molar-refractivity contribution in [3.8, 4) is 11.4 Å². The summed E-state index contributed by atoms with van der Waals surface area (Å²) in [5.41, 5.74) is 8.61. The summed E-state index contributed by atoms with van der Waals surface area (Å²) in [6, 6.07) is 1.89. The molecular formula is C11H11BrN4. The van der Waals surface area contributed by atoms with Crippen LogP contribution in [0.15, 0.2) is 22.9 Å². The van der Waals surface area contributed by atoms with Crippen molar-refractivity contribution in [2.45, 2.75) is 13.8 Å². The lowest BCUT2D eigenvalue weighted by molar-refractivity contribution is 1.09. The van der Waals surface area contributed by atoms with Gasteiger partial charge in [-0.25, -0.2) is 9.97 Å². The van der Waals surface area contributed by atoms with Crippen LogP contribution in [0.2, 0.25) is 0 Å². The summed E-state index contributed by atoms with van der Waals surface area (Å²) in [5.74, 6) is 1.09. The number of pyridine rings is 1. The molecule has 5 heteroatoms. The van der Waals surface area contributed by atoms with E-state index in [1.54, 1.807) is 12.4 Å². The summed E-state index contributed by atoms with van der Waals surface area (Å²) in [6.07, 6.45) is 3.51. The van der Waals surface area contributed by atoms with Crippen LogP contribution in [0, 0.1) is 13.8 Å². The van der Waals surface area contributed by atoms with Crippen molar-refractivity contribution in [3.05, 3.63) is 34.2 Å². The molecule has 2 rings (SSSR count). The zero-order chi connectivity index (χ0) is 11.7. The van der Waals surface area contributed by atoms with Crippen molar-refractivity contribution in [3.63, 3.8) is 0 Å². The van der Waals surface area contributed by atoms with Crippen LogP contribution < -0.4 is 5.73 Å². The molecule has 2 N–H and O–H groups in total. The summed E-state index contributed by atoms with van der Waals surface area (Å²) in [5, 5.41) is 0. The third-order valence-electron chi connectivity index (χ3n) is 2.30. The molecule has 0 spiro atoms. The van der Waals surface area contributed by atoms with Crippen LogP contribution in [0.1, 0.15) is 11.3 Å². The van der Waals surface area contributed by atoms with Crippen LogP contribution in [0.25, 0.3) is 11.4 Å². The molecule has 16 heavy (non-hydrogen) atoms. The van der Waals surface area contributed by atoms with E-state index in [-0.39, 0.29) is 0 Å². The Kier molecular flexibility index (Phi) is 2.87. The molecule has 0 saturated carbocycles. The van der Waals surface area contributed by atoms with Crippen molar-refractivity contribution in [1.82, 2.24) is 15.0 Å². The number of rotatable bonds is 1. The molecule has 2 aromatic rings. The second-order valence-corrected chi connectivity index (χ2v) is 4.32. The molecule has 0 bridgehead atoms. The van der Waals surface area contributed by atoms with Crippen LogP contribution in [0.3, 0.4) is 0 Å². The highest BCUT2D eigenvalue weighted by molar-refractivity contribution is 9.10. The van der Waals surface area contributed by atoms with E-state index >= 15 is 0 Å². The quantitative estimate of drug-likeness (QED) is 0.871. The van der Waals surface area contributed by atoms with Gasteiger partial charge in [0.25, 0.3) is 0 Å². The Morgan fingerprint density at radius 3 is 2.62 bits per heavy atom. The van der Waals surface area contributed by atoms with Gasteiger partial charge in [0.2, 0.25) is 0 Å². The smallest absolute Gasteiger partial charge is 0.162 e. The van der Waals surface area contributed by atoms with Crippen LogP contribution in [0.5, 0.6) is 0 Å². The second kappa shape index (κ2) is 4.17. The first-order valence-corrected chi connectivity index (χ1v) is 5.59. The summed E-state index contributed by atoms with van der Waals surface area (Å²) in [7, 11) is 0. The molecule has 0 aliphatic rings. The van der Waals surface area contributed by atoms with Gasteiger partial charge >= 0.3 is 0 Å². The van der Waals surface area contributed by atoms with Gasteiger partial charge in [0.05, 0.1) is 10.2 Å². The molecule has 0 radical (unpaired) electrons. The predicted octanol–water partition coefficient (Wildman–Crippen LogP) is 2.50. The van der Waals surface area contributed by atoms with Gasteiger partial charge in [-0.05, 0) is 41.4 Å². The zero-order valence-corrected chi connectivity index (χ0v) is 10.6. The topological polar surface area (TPSA) is 64.7 Å². The first-order chi connectivity index (χ1) is 7.59. The molecule has 0 unspecified atom stereocenters. The summed E-state index contributed by atoms with van der Waals surface area (Å²) < 4.78 is 0.753. The van der Waals surface area contributed by atoms with E-state index in [0.29, 0.717) is 11.6 Å². The third kappa shape index (κ3) is 1.90. The van der Waals surface area contributed by atoms with Crippen molar-refractivity contribution >= 4 is 21.7 Å². The van der Waals surface area contributed by atoms with Crippen LogP contribution >= 0.6 is 15.9 Å². The van der Waals surface area contributed by atoms with E-state index in [4.69, 9.17) is 5.73 Å². The van der Waals surface area contributed by atoms with Crippen molar-refractivity contribution < 1.29 is 0 Å². The molecule has 0 amide bonds. The van der Waals surface area contributed by atoms with Gasteiger partial charge in [0, 0.05) is 18.0 Å². The minimum Gasteiger partial charge on any atom is -0.383 e. The molecule has 0 saturated heterocycles. The lowest BCUT2D eigenvalue weighted by atomic mass is 10.1. The number of hydrogen-bond donors (Lipinski definition) is 1. The lowest BCUT2D eigenvalue weighted by Gasteiger charge is -2.07. The van der Waals surface area contributed by atoms with Crippen LogP contribution in [-0.2, 0) is 0 Å². The number of aryl methyl sites for hydroxylation is 2. The maximum atomic E-state index is 5.80. The average Bonchev–Trinajstić information content (AvgIpc) is 2.26. The maximum absolute atomic E-state index is 5.80. The van der Waals surface area contributed by atoms with E-state index < -0.39 is 0 Å². The van der Waals surface area contributed by atoms with Crippen LogP contribution in [0.4, 0.5) is 5.82 Å². The van der Waals surface area contributed by atoms with Gasteiger partial charge in [-0.2, -0.15) is 0 Å². The Labute approximate surface area is 102 Å². The zero-order valence-electron chi connectivity index (χ0n) is 9.03. The number of nitrogens with zero attached hydrogens (tertiary/aromatic N) is 3. The van der Waals surface area contributed by atoms with E-state index in [9.17, 15) is 0 Å². The van der Waals surface area contributed by atoms with Crippen molar-refractivity contribution in [1.29, 1.82) is 0 Å². The van der Waals surface area contributed by atoms with Gasteiger partial charge in [-0.3, -0.25) is 4.98 Å². The van der Waals surface area contributed by atoms with E-state index in [0.717, 1.165) is 21.3 Å². The van der Waals surface area contributed by atoms with Gasteiger partial charge in [-0.15, -0.1) is 0 Å². The number of halogens is 1. The third-order valence-corrected chi connectivity index (χ3v) is 3.28.